The van der Waals surface area contributed by atoms with Gasteiger partial charge in [-0.05, 0) is 0 Å². The third-order valence-corrected chi connectivity index (χ3v) is 3.92. The van der Waals surface area contributed by atoms with Crippen molar-refractivity contribution in [3.05, 3.63) is 0 Å². The van der Waals surface area contributed by atoms with Crippen LogP contribution in [-0.2, 0) is 23.1 Å². The fourth-order valence-electron chi connectivity index (χ4n) is 0.987. The van der Waals surface area contributed by atoms with E-state index in [4.69, 9.17) is 18.5 Å². The molecular formula is C6H13O5P. The molecule has 0 N–H and O–H groups in total. The Hall–Kier alpha value is 0.0700. The summed E-state index contributed by atoms with van der Waals surface area (Å²) >= 11 is 0. The average molecular weight is 196 g/mol. The van der Waals surface area contributed by atoms with Crippen molar-refractivity contribution in [1.29, 1.82) is 0 Å². The molecule has 0 aromatic carbocycles. The molecular weight excluding hydrogens is 183 g/mol. The van der Waals surface area contributed by atoms with Gasteiger partial charge in [0.25, 0.3) is 0 Å². The summed E-state index contributed by atoms with van der Waals surface area (Å²) in [6, 6.07) is 0. The van der Waals surface area contributed by atoms with E-state index in [0.717, 1.165) is 0 Å². The van der Waals surface area contributed by atoms with Crippen molar-refractivity contribution in [2.75, 3.05) is 27.9 Å². The van der Waals surface area contributed by atoms with E-state index in [2.05, 4.69) is 0 Å². The van der Waals surface area contributed by atoms with Gasteiger partial charge >= 0.3 is 7.60 Å². The molecule has 6 heteroatoms. The molecule has 2 atom stereocenters. The fraction of sp³-hybridized carbons (Fsp3) is 1.00. The first kappa shape index (κ1) is 10.2. The van der Waals surface area contributed by atoms with Crippen LogP contribution in [0.3, 0.4) is 0 Å². The van der Waals surface area contributed by atoms with Gasteiger partial charge in [0.1, 0.15) is 6.10 Å². The lowest BCUT2D eigenvalue weighted by molar-refractivity contribution is 0.0998. The van der Waals surface area contributed by atoms with Gasteiger partial charge in [0.2, 0.25) is 0 Å². The normalized spacial score (nSPS) is 25.4. The largest absolute Gasteiger partial charge is 0.370 e. The van der Waals surface area contributed by atoms with Gasteiger partial charge in [-0.2, -0.15) is 0 Å². The Morgan fingerprint density at radius 1 is 1.42 bits per heavy atom. The topological polar surface area (TPSA) is 57.3 Å². The van der Waals surface area contributed by atoms with Crippen molar-refractivity contribution in [1.82, 2.24) is 0 Å². The predicted octanol–water partition coefficient (Wildman–Crippen LogP) is 0.844. The molecule has 1 heterocycles. The highest BCUT2D eigenvalue weighted by atomic mass is 31.2. The van der Waals surface area contributed by atoms with Crippen molar-refractivity contribution in [2.24, 2.45) is 0 Å². The standard InChI is InChI=1S/C6H13O5P/c1-8-6(5-4-11-5)12(7,9-2)10-3/h5-6H,4H2,1-3H3. The van der Waals surface area contributed by atoms with Crippen LogP contribution in [0.4, 0.5) is 0 Å². The second kappa shape index (κ2) is 3.85. The SMILES string of the molecule is COC(C1CO1)P(=O)(OC)OC. The zero-order chi connectivity index (χ0) is 9.19. The maximum absolute atomic E-state index is 11.7. The highest BCUT2D eigenvalue weighted by Crippen LogP contribution is 2.55. The second-order valence-electron chi connectivity index (χ2n) is 2.40. The summed E-state index contributed by atoms with van der Waals surface area (Å²) in [5.41, 5.74) is 0. The van der Waals surface area contributed by atoms with Gasteiger partial charge in [-0.1, -0.05) is 0 Å². The summed E-state index contributed by atoms with van der Waals surface area (Å²) in [6.45, 7) is 0.551. The first-order valence-electron chi connectivity index (χ1n) is 3.53. The fourth-order valence-corrected chi connectivity index (χ4v) is 2.39. The Balaban J connectivity index is 2.66. The molecule has 0 amide bonds. The quantitative estimate of drug-likeness (QED) is 0.481. The van der Waals surface area contributed by atoms with Crippen LogP contribution in [-0.4, -0.2) is 39.9 Å². The molecule has 0 radical (unpaired) electrons. The molecule has 0 bridgehead atoms. The molecule has 1 aliphatic rings. The van der Waals surface area contributed by atoms with E-state index in [-0.39, 0.29) is 6.10 Å². The van der Waals surface area contributed by atoms with Crippen molar-refractivity contribution in [2.45, 2.75) is 11.9 Å². The molecule has 1 rings (SSSR count). The van der Waals surface area contributed by atoms with Crippen LogP contribution in [0, 0.1) is 0 Å². The van der Waals surface area contributed by atoms with Crippen molar-refractivity contribution < 1.29 is 23.1 Å². The second-order valence-corrected chi connectivity index (χ2v) is 4.72. The molecule has 0 aromatic rings. The summed E-state index contributed by atoms with van der Waals surface area (Å²) in [5, 5.41) is 0. The molecule has 0 saturated carbocycles. The summed E-state index contributed by atoms with van der Waals surface area (Å²) < 4.78 is 31.2. The third kappa shape index (κ3) is 1.87. The van der Waals surface area contributed by atoms with E-state index in [1.54, 1.807) is 0 Å². The maximum Gasteiger partial charge on any atom is 0.361 e. The van der Waals surface area contributed by atoms with Crippen molar-refractivity contribution in [3.8, 4) is 0 Å². The van der Waals surface area contributed by atoms with Crippen LogP contribution in [0.1, 0.15) is 0 Å². The number of methoxy groups -OCH3 is 1. The Morgan fingerprint density at radius 3 is 2.17 bits per heavy atom. The summed E-state index contributed by atoms with van der Waals surface area (Å²) in [6.07, 6.45) is -0.152. The lowest BCUT2D eigenvalue weighted by atomic mass is 10.5. The van der Waals surface area contributed by atoms with Crippen LogP contribution >= 0.6 is 7.60 Å². The van der Waals surface area contributed by atoms with E-state index in [1.807, 2.05) is 0 Å². The van der Waals surface area contributed by atoms with E-state index >= 15 is 0 Å². The minimum Gasteiger partial charge on any atom is -0.370 e. The van der Waals surface area contributed by atoms with Crippen LogP contribution in [0.5, 0.6) is 0 Å². The first-order valence-corrected chi connectivity index (χ1v) is 5.14. The average Bonchev–Trinajstić information content (AvgIpc) is 2.89. The van der Waals surface area contributed by atoms with Crippen molar-refractivity contribution >= 4 is 7.60 Å². The van der Waals surface area contributed by atoms with Crippen LogP contribution in [0.2, 0.25) is 0 Å². The van der Waals surface area contributed by atoms with Gasteiger partial charge in [-0.25, -0.2) is 0 Å². The lowest BCUT2D eigenvalue weighted by Crippen LogP contribution is -2.20. The van der Waals surface area contributed by atoms with Gasteiger partial charge in [-0.3, -0.25) is 4.57 Å². The minimum absolute atomic E-state index is 0.152. The highest BCUT2D eigenvalue weighted by Gasteiger charge is 2.47. The van der Waals surface area contributed by atoms with Gasteiger partial charge in [0, 0.05) is 21.3 Å². The summed E-state index contributed by atoms with van der Waals surface area (Å²) in [5.74, 6) is -0.604. The first-order chi connectivity index (χ1) is 5.68. The monoisotopic (exact) mass is 196 g/mol. The lowest BCUT2D eigenvalue weighted by Gasteiger charge is -2.20. The van der Waals surface area contributed by atoms with E-state index in [0.29, 0.717) is 6.61 Å². The summed E-state index contributed by atoms with van der Waals surface area (Å²) in [7, 11) is 0.987. The zero-order valence-corrected chi connectivity index (χ0v) is 8.24. The number of epoxide rings is 1. The van der Waals surface area contributed by atoms with E-state index in [1.165, 1.54) is 21.3 Å². The van der Waals surface area contributed by atoms with Gasteiger partial charge in [0.05, 0.1) is 6.61 Å². The molecule has 1 aliphatic heterocycles. The number of ether oxygens (including phenoxy) is 2. The van der Waals surface area contributed by atoms with E-state index in [9.17, 15) is 4.57 Å². The Kier molecular flexibility index (Phi) is 3.26. The van der Waals surface area contributed by atoms with Crippen molar-refractivity contribution in [3.63, 3.8) is 0 Å². The predicted molar refractivity (Wildman–Crippen MR) is 42.2 cm³/mol. The molecule has 1 saturated heterocycles. The maximum atomic E-state index is 11.7. The molecule has 0 aromatic heterocycles. The molecule has 1 fully saturated rings. The summed E-state index contributed by atoms with van der Waals surface area (Å²) in [4.78, 5) is 0. The number of rotatable bonds is 5. The van der Waals surface area contributed by atoms with Crippen LogP contribution in [0.15, 0.2) is 0 Å². The Bertz CT molecular complexity index is 182. The number of hydrogen-bond donors (Lipinski definition) is 0. The van der Waals surface area contributed by atoms with Crippen LogP contribution in [0.25, 0.3) is 0 Å². The van der Waals surface area contributed by atoms with Gasteiger partial charge in [0.15, 0.2) is 5.85 Å². The van der Waals surface area contributed by atoms with Gasteiger partial charge < -0.3 is 18.5 Å². The molecule has 72 valence electrons. The minimum atomic E-state index is -3.13. The molecule has 5 nitrogen and oxygen atoms in total. The molecule has 0 spiro atoms. The molecule has 12 heavy (non-hydrogen) atoms. The molecule has 0 aliphatic carbocycles. The highest BCUT2D eigenvalue weighted by molar-refractivity contribution is 7.54. The Morgan fingerprint density at radius 2 is 1.92 bits per heavy atom. The van der Waals surface area contributed by atoms with E-state index < -0.39 is 13.4 Å². The van der Waals surface area contributed by atoms with Gasteiger partial charge in [-0.15, -0.1) is 0 Å². The van der Waals surface area contributed by atoms with Crippen LogP contribution < -0.4 is 0 Å². The Labute approximate surface area is 71.5 Å². The molecule has 2 unspecified atom stereocenters. The smallest absolute Gasteiger partial charge is 0.361 e. The zero-order valence-electron chi connectivity index (χ0n) is 7.35. The third-order valence-electron chi connectivity index (χ3n) is 1.74. The number of hydrogen-bond acceptors (Lipinski definition) is 5.